The van der Waals surface area contributed by atoms with Crippen molar-refractivity contribution in [2.45, 2.75) is 0 Å². The predicted octanol–water partition coefficient (Wildman–Crippen LogP) is 4.76. The predicted molar refractivity (Wildman–Crippen MR) is 92.4 cm³/mol. The Hall–Kier alpha value is 1.57. The van der Waals surface area contributed by atoms with Gasteiger partial charge in [0.1, 0.15) is 0 Å². The summed E-state index contributed by atoms with van der Waals surface area (Å²) in [7, 11) is 0.759. The molecule has 0 aromatic rings. The Bertz CT molecular complexity index is 94.0. The fourth-order valence-electron chi connectivity index (χ4n) is 0.642. The van der Waals surface area contributed by atoms with Crippen molar-refractivity contribution in [3.05, 3.63) is 64.2 Å². The Balaban J connectivity index is -0.000000178. The van der Waals surface area contributed by atoms with Gasteiger partial charge >= 0.3 is 21.7 Å². The van der Waals surface area contributed by atoms with E-state index in [1.165, 1.54) is 0 Å². The van der Waals surface area contributed by atoms with Crippen LogP contribution in [0.25, 0.3) is 0 Å². The van der Waals surface area contributed by atoms with E-state index in [0.29, 0.717) is 15.8 Å². The standard InChI is InChI=1S/2C5H5.2C3H9P.Ti/c2*1-2-4-5-3-1;2*1-4(2)3;/h2*1-5H;2*1-3H3;/q;;;;+2. The number of rotatable bonds is 0. The summed E-state index contributed by atoms with van der Waals surface area (Å²) < 4.78 is 0. The van der Waals surface area contributed by atoms with Crippen molar-refractivity contribution in [1.82, 2.24) is 0 Å². The van der Waals surface area contributed by atoms with Crippen molar-refractivity contribution in [2.75, 3.05) is 40.0 Å². The van der Waals surface area contributed by atoms with Crippen LogP contribution >= 0.6 is 15.8 Å². The van der Waals surface area contributed by atoms with Crippen LogP contribution < -0.4 is 0 Å². The molecule has 2 aliphatic rings. The van der Waals surface area contributed by atoms with Gasteiger partial charge in [0.2, 0.25) is 0 Å². The van der Waals surface area contributed by atoms with Crippen LogP contribution in [0.3, 0.4) is 0 Å². The van der Waals surface area contributed by atoms with E-state index in [1.54, 1.807) is 0 Å². The third kappa shape index (κ3) is 45.1. The molecule has 0 unspecified atom stereocenters. The third-order valence-electron chi connectivity index (χ3n) is 1.11. The summed E-state index contributed by atoms with van der Waals surface area (Å²) in [6.07, 6.45) is 20.0. The minimum atomic E-state index is 0. The molecule has 2 fully saturated rings. The van der Waals surface area contributed by atoms with Gasteiger partial charge < -0.3 is 0 Å². The molecule has 0 spiro atoms. The molecule has 0 amide bonds. The van der Waals surface area contributed by atoms with Gasteiger partial charge in [-0.1, -0.05) is 0 Å². The van der Waals surface area contributed by atoms with E-state index < -0.39 is 0 Å². The van der Waals surface area contributed by atoms with E-state index in [9.17, 15) is 0 Å². The van der Waals surface area contributed by atoms with Crippen LogP contribution in [0, 0.1) is 64.2 Å². The van der Waals surface area contributed by atoms with Gasteiger partial charge in [0.15, 0.2) is 0 Å². The molecule has 0 aromatic heterocycles. The van der Waals surface area contributed by atoms with Gasteiger partial charge in [0.25, 0.3) is 0 Å². The van der Waals surface area contributed by atoms with Gasteiger partial charge in [-0.3, -0.25) is 0 Å². The minimum absolute atomic E-state index is 0. The van der Waals surface area contributed by atoms with Crippen molar-refractivity contribution in [3.8, 4) is 0 Å². The monoisotopic (exact) mass is 330 g/mol. The molecule has 0 nitrogen and oxygen atoms in total. The van der Waals surface area contributed by atoms with Crippen LogP contribution in [-0.2, 0) is 21.7 Å². The largest absolute Gasteiger partial charge is 2.00 e. The van der Waals surface area contributed by atoms with E-state index in [0.717, 1.165) is 0 Å². The molecule has 0 aliphatic heterocycles. The van der Waals surface area contributed by atoms with E-state index in [-0.39, 0.29) is 21.7 Å². The maximum Gasteiger partial charge on any atom is 2.00 e. The van der Waals surface area contributed by atoms with E-state index >= 15 is 0 Å². The van der Waals surface area contributed by atoms with Gasteiger partial charge in [-0.2, -0.15) is 0 Å². The Labute approximate surface area is 141 Å². The summed E-state index contributed by atoms with van der Waals surface area (Å²) >= 11 is 0. The fraction of sp³-hybridized carbons (Fsp3) is 0.375. The van der Waals surface area contributed by atoms with E-state index in [4.69, 9.17) is 0 Å². The Morgan fingerprint density at radius 3 is 0.474 bits per heavy atom. The smallest absolute Gasteiger partial charge is 0.116 e. The molecule has 10 radical (unpaired) electrons. The quantitative estimate of drug-likeness (QED) is 0.444. The second-order valence-corrected chi connectivity index (χ2v) is 9.97. The third-order valence-corrected chi connectivity index (χ3v) is 1.11. The van der Waals surface area contributed by atoms with Gasteiger partial charge in [-0.05, 0) is 104 Å². The zero-order chi connectivity index (χ0) is 14.2. The van der Waals surface area contributed by atoms with Crippen LogP contribution in [-0.4, -0.2) is 40.0 Å². The molecule has 0 aromatic carbocycles. The van der Waals surface area contributed by atoms with Crippen LogP contribution in [0.15, 0.2) is 0 Å². The van der Waals surface area contributed by atoms with Crippen molar-refractivity contribution < 1.29 is 21.7 Å². The van der Waals surface area contributed by atoms with Crippen molar-refractivity contribution in [3.63, 3.8) is 0 Å². The summed E-state index contributed by atoms with van der Waals surface area (Å²) in [5.41, 5.74) is 0. The topological polar surface area (TPSA) is 0 Å². The fourth-order valence-corrected chi connectivity index (χ4v) is 0.642. The molecule has 2 aliphatic carbocycles. The van der Waals surface area contributed by atoms with Gasteiger partial charge in [-0.25, -0.2) is 0 Å². The number of hydrogen-bond acceptors (Lipinski definition) is 0. The van der Waals surface area contributed by atoms with Crippen LogP contribution in [0.1, 0.15) is 0 Å². The summed E-state index contributed by atoms with van der Waals surface area (Å²) in [6, 6.07) is 0. The molecule has 0 heterocycles. The molecule has 0 atom stereocenters. The Kier molecular flexibility index (Phi) is 29.4. The molecular formula is C16H28P2Ti+2. The summed E-state index contributed by atoms with van der Waals surface area (Å²) in [5, 5.41) is 0. The second kappa shape index (κ2) is 21.9. The van der Waals surface area contributed by atoms with Gasteiger partial charge in [-0.15, -0.1) is 15.8 Å². The summed E-state index contributed by atoms with van der Waals surface area (Å²) in [6.45, 7) is 13.4. The summed E-state index contributed by atoms with van der Waals surface area (Å²) in [4.78, 5) is 0. The van der Waals surface area contributed by atoms with Crippen LogP contribution in [0.2, 0.25) is 0 Å². The molecule has 19 heavy (non-hydrogen) atoms. The summed E-state index contributed by atoms with van der Waals surface area (Å²) in [5.74, 6) is 0. The zero-order valence-corrected chi connectivity index (χ0v) is 16.5. The molecule has 104 valence electrons. The minimum Gasteiger partial charge on any atom is -0.116 e. The van der Waals surface area contributed by atoms with Crippen molar-refractivity contribution in [2.24, 2.45) is 0 Å². The molecule has 0 saturated heterocycles. The molecule has 2 saturated carbocycles. The van der Waals surface area contributed by atoms with Gasteiger partial charge in [0, 0.05) is 0 Å². The Morgan fingerprint density at radius 1 is 0.368 bits per heavy atom. The average Bonchev–Trinajstić information content (AvgIpc) is 2.96. The van der Waals surface area contributed by atoms with E-state index in [1.807, 2.05) is 64.2 Å². The number of hydrogen-bond donors (Lipinski definition) is 0. The molecule has 2 rings (SSSR count). The molecule has 0 N–H and O–H groups in total. The normalized spacial score (nSPS) is 16.4. The molecular weight excluding hydrogens is 302 g/mol. The molecule has 0 bridgehead atoms. The van der Waals surface area contributed by atoms with Crippen LogP contribution in [0.4, 0.5) is 0 Å². The maximum absolute atomic E-state index is 2.23. The van der Waals surface area contributed by atoms with E-state index in [2.05, 4.69) is 40.0 Å². The first-order chi connectivity index (χ1) is 8.46. The maximum atomic E-state index is 2.23. The zero-order valence-electron chi connectivity index (χ0n) is 13.2. The first kappa shape index (κ1) is 25.5. The first-order valence-corrected chi connectivity index (χ1v) is 11.4. The first-order valence-electron chi connectivity index (χ1n) is 6.02. The second-order valence-electron chi connectivity index (χ2n) is 4.61. The van der Waals surface area contributed by atoms with Crippen molar-refractivity contribution >= 4 is 15.8 Å². The van der Waals surface area contributed by atoms with Crippen LogP contribution in [0.5, 0.6) is 0 Å². The Morgan fingerprint density at radius 2 is 0.421 bits per heavy atom. The van der Waals surface area contributed by atoms with Crippen molar-refractivity contribution in [1.29, 1.82) is 0 Å². The average molecular weight is 330 g/mol. The SMILES string of the molecule is CP(C)C.CP(C)C.[CH]1[CH][CH][CH][CH]1.[CH]1[CH][CH][CH][CH]1.[Ti+2]. The van der Waals surface area contributed by atoms with Gasteiger partial charge in [0.05, 0.1) is 0 Å². The molecule has 3 heteroatoms.